The van der Waals surface area contributed by atoms with Crippen LogP contribution >= 0.6 is 50.8 Å². The molecular weight excluding hydrogens is 366 g/mol. The summed E-state index contributed by atoms with van der Waals surface area (Å²) >= 11 is 7.81. The lowest BCUT2D eigenvalue weighted by Gasteiger charge is -2.04. The van der Waals surface area contributed by atoms with Gasteiger partial charge in [0.15, 0.2) is 8.68 Å². The molecule has 0 spiro atoms. The second-order valence-corrected chi connectivity index (χ2v) is 7.55. The molecule has 0 aliphatic carbocycles. The van der Waals surface area contributed by atoms with Crippen molar-refractivity contribution in [2.75, 3.05) is 17.3 Å². The maximum absolute atomic E-state index is 11.8. The SMILES string of the molecule is CSc1nnc(SCC(=O)Nc2cccc(Br)c2)s1. The summed E-state index contributed by atoms with van der Waals surface area (Å²) in [5.74, 6) is 0.277. The van der Waals surface area contributed by atoms with Crippen LogP contribution in [0.5, 0.6) is 0 Å². The maximum atomic E-state index is 11.8. The van der Waals surface area contributed by atoms with Crippen molar-refractivity contribution in [1.29, 1.82) is 0 Å². The monoisotopic (exact) mass is 375 g/mol. The first-order valence-electron chi connectivity index (χ1n) is 5.23. The predicted molar refractivity (Wildman–Crippen MR) is 85.2 cm³/mol. The third-order valence-electron chi connectivity index (χ3n) is 2.00. The number of benzene rings is 1. The van der Waals surface area contributed by atoms with Crippen LogP contribution in [0.1, 0.15) is 0 Å². The van der Waals surface area contributed by atoms with Gasteiger partial charge in [-0.3, -0.25) is 4.79 Å². The first kappa shape index (κ1) is 14.8. The summed E-state index contributed by atoms with van der Waals surface area (Å²) < 4.78 is 2.66. The van der Waals surface area contributed by atoms with E-state index in [4.69, 9.17) is 0 Å². The fraction of sp³-hybridized carbons (Fsp3) is 0.182. The van der Waals surface area contributed by atoms with Crippen molar-refractivity contribution in [2.24, 2.45) is 0 Å². The van der Waals surface area contributed by atoms with Crippen molar-refractivity contribution in [3.63, 3.8) is 0 Å². The van der Waals surface area contributed by atoms with Crippen molar-refractivity contribution in [1.82, 2.24) is 10.2 Å². The number of rotatable bonds is 5. The molecule has 0 aliphatic rings. The Morgan fingerprint density at radius 3 is 2.89 bits per heavy atom. The normalized spacial score (nSPS) is 10.4. The van der Waals surface area contributed by atoms with E-state index in [1.54, 1.807) is 11.8 Å². The fourth-order valence-electron chi connectivity index (χ4n) is 1.23. The molecule has 1 heterocycles. The van der Waals surface area contributed by atoms with Gasteiger partial charge in [-0.1, -0.05) is 56.9 Å². The largest absolute Gasteiger partial charge is 0.325 e. The number of hydrogen-bond donors (Lipinski definition) is 1. The van der Waals surface area contributed by atoms with E-state index in [0.717, 1.165) is 18.8 Å². The molecule has 0 unspecified atom stereocenters. The predicted octanol–water partition coefficient (Wildman–Crippen LogP) is 3.75. The molecule has 1 amide bonds. The lowest BCUT2D eigenvalue weighted by molar-refractivity contribution is -0.113. The van der Waals surface area contributed by atoms with E-state index < -0.39 is 0 Å². The number of aromatic nitrogens is 2. The van der Waals surface area contributed by atoms with Gasteiger partial charge in [-0.25, -0.2) is 0 Å². The molecule has 0 saturated carbocycles. The molecule has 0 saturated heterocycles. The molecule has 0 atom stereocenters. The van der Waals surface area contributed by atoms with Crippen LogP contribution in [-0.2, 0) is 4.79 Å². The summed E-state index contributed by atoms with van der Waals surface area (Å²) in [5.41, 5.74) is 0.780. The number of halogens is 1. The third kappa shape index (κ3) is 4.79. The van der Waals surface area contributed by atoms with Gasteiger partial charge < -0.3 is 5.32 Å². The number of thioether (sulfide) groups is 2. The first-order chi connectivity index (χ1) is 9.17. The molecule has 1 aromatic carbocycles. The van der Waals surface area contributed by atoms with Gasteiger partial charge in [-0.05, 0) is 24.5 Å². The van der Waals surface area contributed by atoms with E-state index >= 15 is 0 Å². The molecule has 1 aromatic heterocycles. The molecule has 4 nitrogen and oxygen atoms in total. The summed E-state index contributed by atoms with van der Waals surface area (Å²) in [7, 11) is 0. The number of nitrogens with one attached hydrogen (secondary N) is 1. The van der Waals surface area contributed by atoms with Gasteiger partial charge in [0.05, 0.1) is 5.75 Å². The van der Waals surface area contributed by atoms with E-state index in [-0.39, 0.29) is 5.91 Å². The molecule has 0 aliphatic heterocycles. The molecule has 0 bridgehead atoms. The molecule has 19 heavy (non-hydrogen) atoms. The first-order valence-corrected chi connectivity index (χ1v) is 9.05. The van der Waals surface area contributed by atoms with Crippen LogP contribution in [0.15, 0.2) is 37.4 Å². The summed E-state index contributed by atoms with van der Waals surface area (Å²) in [6.45, 7) is 0. The highest BCUT2D eigenvalue weighted by Gasteiger charge is 2.08. The lowest BCUT2D eigenvalue weighted by Crippen LogP contribution is -2.13. The van der Waals surface area contributed by atoms with E-state index in [0.29, 0.717) is 5.75 Å². The Labute approximate surface area is 131 Å². The molecule has 100 valence electrons. The average molecular weight is 376 g/mol. The van der Waals surface area contributed by atoms with Gasteiger partial charge >= 0.3 is 0 Å². The zero-order valence-corrected chi connectivity index (χ0v) is 14.0. The Bertz CT molecular complexity index is 576. The van der Waals surface area contributed by atoms with Crippen LogP contribution in [0.2, 0.25) is 0 Å². The summed E-state index contributed by atoms with van der Waals surface area (Å²) in [6, 6.07) is 7.50. The standard InChI is InChI=1S/C11H10BrN3OS3/c1-17-10-14-15-11(19-10)18-6-9(16)13-8-4-2-3-7(12)5-8/h2-5H,6H2,1H3,(H,13,16). The Morgan fingerprint density at radius 1 is 1.42 bits per heavy atom. The van der Waals surface area contributed by atoms with Crippen LogP contribution in [0.25, 0.3) is 0 Å². The second kappa shape index (κ2) is 7.28. The van der Waals surface area contributed by atoms with Gasteiger partial charge in [0, 0.05) is 10.2 Å². The summed E-state index contributed by atoms with van der Waals surface area (Å²) in [5, 5.41) is 10.8. The zero-order chi connectivity index (χ0) is 13.7. The highest BCUT2D eigenvalue weighted by molar-refractivity contribution is 9.10. The Hall–Kier alpha value is -0.570. The summed E-state index contributed by atoms with van der Waals surface area (Å²) in [6.07, 6.45) is 1.95. The minimum Gasteiger partial charge on any atom is -0.325 e. The maximum Gasteiger partial charge on any atom is 0.234 e. The van der Waals surface area contributed by atoms with Crippen LogP contribution in [0.3, 0.4) is 0 Å². The van der Waals surface area contributed by atoms with Crippen molar-refractivity contribution in [3.8, 4) is 0 Å². The van der Waals surface area contributed by atoms with Gasteiger partial charge in [0.1, 0.15) is 0 Å². The second-order valence-electron chi connectivity index (χ2n) is 3.39. The zero-order valence-electron chi connectivity index (χ0n) is 9.92. The average Bonchev–Trinajstić information content (AvgIpc) is 2.84. The number of hydrogen-bond acceptors (Lipinski definition) is 6. The quantitative estimate of drug-likeness (QED) is 0.806. The van der Waals surface area contributed by atoms with Crippen LogP contribution in [-0.4, -0.2) is 28.1 Å². The molecule has 1 N–H and O–H groups in total. The minimum absolute atomic E-state index is 0.0519. The Kier molecular flexibility index (Phi) is 5.68. The molecule has 0 fully saturated rings. The van der Waals surface area contributed by atoms with Crippen LogP contribution in [0, 0.1) is 0 Å². The van der Waals surface area contributed by atoms with E-state index in [2.05, 4.69) is 31.4 Å². The number of anilines is 1. The van der Waals surface area contributed by atoms with Gasteiger partial charge in [0.2, 0.25) is 5.91 Å². The van der Waals surface area contributed by atoms with Crippen molar-refractivity contribution in [2.45, 2.75) is 8.68 Å². The molecule has 2 rings (SSSR count). The van der Waals surface area contributed by atoms with Gasteiger partial charge in [-0.15, -0.1) is 10.2 Å². The fourth-order valence-corrected chi connectivity index (χ4v) is 3.87. The van der Waals surface area contributed by atoms with Crippen LogP contribution in [0.4, 0.5) is 5.69 Å². The Balaban J connectivity index is 1.84. The topological polar surface area (TPSA) is 54.9 Å². The van der Waals surface area contributed by atoms with Crippen molar-refractivity contribution in [3.05, 3.63) is 28.7 Å². The molecule has 2 aromatic rings. The Morgan fingerprint density at radius 2 is 2.21 bits per heavy atom. The lowest BCUT2D eigenvalue weighted by atomic mass is 10.3. The van der Waals surface area contributed by atoms with Crippen molar-refractivity contribution >= 4 is 62.4 Å². The van der Waals surface area contributed by atoms with Gasteiger partial charge in [0.25, 0.3) is 0 Å². The number of carbonyl (C=O) groups excluding carboxylic acids is 1. The highest BCUT2D eigenvalue weighted by Crippen LogP contribution is 2.27. The number of nitrogens with zero attached hydrogens (tertiary/aromatic N) is 2. The van der Waals surface area contributed by atoms with Gasteiger partial charge in [-0.2, -0.15) is 0 Å². The number of carbonyl (C=O) groups is 1. The summed E-state index contributed by atoms with van der Waals surface area (Å²) in [4.78, 5) is 11.8. The van der Waals surface area contributed by atoms with Crippen LogP contribution < -0.4 is 5.32 Å². The molecular formula is C11H10BrN3OS3. The smallest absolute Gasteiger partial charge is 0.234 e. The number of amides is 1. The molecule has 8 heteroatoms. The van der Waals surface area contributed by atoms with E-state index in [1.165, 1.54) is 23.1 Å². The van der Waals surface area contributed by atoms with E-state index in [9.17, 15) is 4.79 Å². The molecule has 0 radical (unpaired) electrons. The van der Waals surface area contributed by atoms with Crippen molar-refractivity contribution < 1.29 is 4.79 Å². The highest BCUT2D eigenvalue weighted by atomic mass is 79.9. The van der Waals surface area contributed by atoms with E-state index in [1.807, 2.05) is 30.5 Å². The third-order valence-corrected chi connectivity index (χ3v) is 5.52. The minimum atomic E-state index is -0.0519.